The highest BCUT2D eigenvalue weighted by Crippen LogP contribution is 2.29. The normalized spacial score (nSPS) is 9.93. The molecule has 2 aromatic rings. The lowest BCUT2D eigenvalue weighted by molar-refractivity contribution is -0.105. The Hall–Kier alpha value is -2.10. The van der Waals surface area contributed by atoms with E-state index in [0.29, 0.717) is 12.1 Å². The standard InChI is InChI=1S/C11H10N2O2/c1-15-10-5-4-9(13-7-14)11-8(10)3-2-6-12-11/h2-7H,1H3,(H,13,14). The van der Waals surface area contributed by atoms with Gasteiger partial charge in [0.1, 0.15) is 5.75 Å². The molecule has 0 fully saturated rings. The van der Waals surface area contributed by atoms with Crippen molar-refractivity contribution in [2.75, 3.05) is 12.4 Å². The Morgan fingerprint density at radius 2 is 2.27 bits per heavy atom. The quantitative estimate of drug-likeness (QED) is 0.772. The van der Waals surface area contributed by atoms with Crippen LogP contribution in [0.5, 0.6) is 5.75 Å². The van der Waals surface area contributed by atoms with E-state index in [0.717, 1.165) is 16.7 Å². The lowest BCUT2D eigenvalue weighted by Gasteiger charge is -2.07. The first kappa shape index (κ1) is 9.45. The molecule has 0 saturated carbocycles. The molecule has 0 aliphatic carbocycles. The van der Waals surface area contributed by atoms with Crippen LogP contribution in [0.3, 0.4) is 0 Å². The number of methoxy groups -OCH3 is 1. The van der Waals surface area contributed by atoms with Gasteiger partial charge >= 0.3 is 0 Å². The summed E-state index contributed by atoms with van der Waals surface area (Å²) in [5, 5.41) is 3.48. The van der Waals surface area contributed by atoms with Crippen molar-refractivity contribution in [2.45, 2.75) is 0 Å². The summed E-state index contributed by atoms with van der Waals surface area (Å²) in [6.45, 7) is 0. The molecule has 0 spiro atoms. The van der Waals surface area contributed by atoms with Crippen LogP contribution in [0.15, 0.2) is 30.5 Å². The molecule has 0 bridgehead atoms. The molecule has 0 unspecified atom stereocenters. The molecule has 1 aromatic carbocycles. The summed E-state index contributed by atoms with van der Waals surface area (Å²) in [6.07, 6.45) is 2.31. The first-order valence-electron chi connectivity index (χ1n) is 4.48. The largest absolute Gasteiger partial charge is 0.496 e. The number of nitrogens with one attached hydrogen (secondary N) is 1. The molecule has 0 aliphatic heterocycles. The number of hydrogen-bond donors (Lipinski definition) is 1. The third-order valence-electron chi connectivity index (χ3n) is 2.16. The summed E-state index contributed by atoms with van der Waals surface area (Å²) >= 11 is 0. The number of carbonyl (C=O) groups excluding carboxylic acids is 1. The van der Waals surface area contributed by atoms with Crippen molar-refractivity contribution in [1.82, 2.24) is 4.98 Å². The van der Waals surface area contributed by atoms with E-state index in [-0.39, 0.29) is 0 Å². The summed E-state index contributed by atoms with van der Waals surface area (Å²) < 4.78 is 5.20. The van der Waals surface area contributed by atoms with Gasteiger partial charge in [-0.2, -0.15) is 0 Å². The number of amides is 1. The van der Waals surface area contributed by atoms with Gasteiger partial charge in [0.05, 0.1) is 18.3 Å². The van der Waals surface area contributed by atoms with Crippen LogP contribution in [0.1, 0.15) is 0 Å². The third kappa shape index (κ3) is 1.61. The maximum absolute atomic E-state index is 10.4. The van der Waals surface area contributed by atoms with Gasteiger partial charge in [-0.05, 0) is 24.3 Å². The van der Waals surface area contributed by atoms with Gasteiger partial charge in [0, 0.05) is 11.6 Å². The lowest BCUT2D eigenvalue weighted by Crippen LogP contribution is -1.96. The molecule has 76 valence electrons. The number of benzene rings is 1. The number of carbonyl (C=O) groups is 1. The van der Waals surface area contributed by atoms with E-state index in [1.165, 1.54) is 0 Å². The molecular weight excluding hydrogens is 192 g/mol. The number of aromatic nitrogens is 1. The number of rotatable bonds is 3. The number of ether oxygens (including phenoxy) is 1. The monoisotopic (exact) mass is 202 g/mol. The van der Waals surface area contributed by atoms with E-state index in [2.05, 4.69) is 10.3 Å². The first-order valence-corrected chi connectivity index (χ1v) is 4.48. The van der Waals surface area contributed by atoms with Crippen LogP contribution in [0.25, 0.3) is 10.9 Å². The second-order valence-corrected chi connectivity index (χ2v) is 2.98. The van der Waals surface area contributed by atoms with Crippen molar-refractivity contribution >= 4 is 23.0 Å². The summed E-state index contributed by atoms with van der Waals surface area (Å²) in [5.41, 5.74) is 1.41. The number of hydrogen-bond acceptors (Lipinski definition) is 3. The smallest absolute Gasteiger partial charge is 0.211 e. The number of anilines is 1. The fourth-order valence-electron chi connectivity index (χ4n) is 1.50. The summed E-state index contributed by atoms with van der Waals surface area (Å²) in [7, 11) is 1.61. The highest BCUT2D eigenvalue weighted by atomic mass is 16.5. The molecule has 1 aromatic heterocycles. The van der Waals surface area contributed by atoms with Crippen LogP contribution in [0, 0.1) is 0 Å². The summed E-state index contributed by atoms with van der Waals surface area (Å²) in [6, 6.07) is 7.30. The van der Waals surface area contributed by atoms with Crippen molar-refractivity contribution in [1.29, 1.82) is 0 Å². The highest BCUT2D eigenvalue weighted by Gasteiger charge is 2.05. The maximum Gasteiger partial charge on any atom is 0.211 e. The Bertz CT molecular complexity index is 497. The molecule has 0 atom stereocenters. The fourth-order valence-corrected chi connectivity index (χ4v) is 1.50. The molecule has 0 saturated heterocycles. The average molecular weight is 202 g/mol. The van der Waals surface area contributed by atoms with E-state index >= 15 is 0 Å². The zero-order chi connectivity index (χ0) is 10.7. The average Bonchev–Trinajstić information content (AvgIpc) is 2.30. The van der Waals surface area contributed by atoms with Crippen molar-refractivity contribution in [2.24, 2.45) is 0 Å². The van der Waals surface area contributed by atoms with Crippen LogP contribution in [0.2, 0.25) is 0 Å². The SMILES string of the molecule is COc1ccc(NC=O)c2ncccc12. The van der Waals surface area contributed by atoms with Gasteiger partial charge < -0.3 is 10.1 Å². The molecule has 0 aliphatic rings. The maximum atomic E-state index is 10.4. The van der Waals surface area contributed by atoms with Gasteiger partial charge in [0.2, 0.25) is 6.41 Å². The van der Waals surface area contributed by atoms with Crippen LogP contribution in [0.4, 0.5) is 5.69 Å². The topological polar surface area (TPSA) is 51.2 Å². The van der Waals surface area contributed by atoms with Gasteiger partial charge in [-0.25, -0.2) is 0 Å². The fraction of sp³-hybridized carbons (Fsp3) is 0.0909. The van der Waals surface area contributed by atoms with Crippen LogP contribution >= 0.6 is 0 Å². The molecule has 1 N–H and O–H groups in total. The first-order chi connectivity index (χ1) is 7.36. The molecule has 15 heavy (non-hydrogen) atoms. The van der Waals surface area contributed by atoms with E-state index in [4.69, 9.17) is 4.74 Å². The van der Waals surface area contributed by atoms with Crippen LogP contribution in [-0.4, -0.2) is 18.5 Å². The zero-order valence-electron chi connectivity index (χ0n) is 8.23. The Labute approximate surface area is 86.9 Å². The lowest BCUT2D eigenvalue weighted by atomic mass is 10.1. The Morgan fingerprint density at radius 1 is 1.40 bits per heavy atom. The Morgan fingerprint density at radius 3 is 3.00 bits per heavy atom. The van der Waals surface area contributed by atoms with E-state index in [9.17, 15) is 4.79 Å². The van der Waals surface area contributed by atoms with Gasteiger partial charge in [0.25, 0.3) is 0 Å². The minimum Gasteiger partial charge on any atom is -0.496 e. The van der Waals surface area contributed by atoms with E-state index in [1.807, 2.05) is 12.1 Å². The highest BCUT2D eigenvalue weighted by molar-refractivity contribution is 5.97. The Balaban J connectivity index is 2.71. The molecule has 1 amide bonds. The minimum atomic E-state index is 0.635. The molecule has 2 rings (SSSR count). The molecule has 4 heteroatoms. The second-order valence-electron chi connectivity index (χ2n) is 2.98. The number of fused-ring (bicyclic) bond motifs is 1. The van der Waals surface area contributed by atoms with Gasteiger partial charge in [0.15, 0.2) is 0 Å². The van der Waals surface area contributed by atoms with Crippen molar-refractivity contribution < 1.29 is 9.53 Å². The van der Waals surface area contributed by atoms with E-state index in [1.54, 1.807) is 25.4 Å². The third-order valence-corrected chi connectivity index (χ3v) is 2.16. The minimum absolute atomic E-state index is 0.635. The van der Waals surface area contributed by atoms with Crippen molar-refractivity contribution in [3.05, 3.63) is 30.5 Å². The molecule has 1 heterocycles. The predicted molar refractivity (Wildman–Crippen MR) is 58.0 cm³/mol. The van der Waals surface area contributed by atoms with Gasteiger partial charge in [-0.15, -0.1) is 0 Å². The van der Waals surface area contributed by atoms with Gasteiger partial charge in [-0.3, -0.25) is 9.78 Å². The molecular formula is C11H10N2O2. The summed E-state index contributed by atoms with van der Waals surface area (Å²) in [5.74, 6) is 0.745. The van der Waals surface area contributed by atoms with Crippen LogP contribution in [-0.2, 0) is 4.79 Å². The van der Waals surface area contributed by atoms with Crippen LogP contribution < -0.4 is 10.1 Å². The molecule has 0 radical (unpaired) electrons. The number of pyridine rings is 1. The number of nitrogens with zero attached hydrogens (tertiary/aromatic N) is 1. The van der Waals surface area contributed by atoms with E-state index < -0.39 is 0 Å². The zero-order valence-corrected chi connectivity index (χ0v) is 8.23. The van der Waals surface area contributed by atoms with Crippen molar-refractivity contribution in [3.8, 4) is 5.75 Å². The molecule has 4 nitrogen and oxygen atoms in total. The van der Waals surface area contributed by atoms with Crippen molar-refractivity contribution in [3.63, 3.8) is 0 Å². The summed E-state index contributed by atoms with van der Waals surface area (Å²) in [4.78, 5) is 14.6. The second kappa shape index (κ2) is 3.96. The Kier molecular flexibility index (Phi) is 2.49. The van der Waals surface area contributed by atoms with Gasteiger partial charge in [-0.1, -0.05) is 0 Å². The predicted octanol–water partition coefficient (Wildman–Crippen LogP) is 1.81.